The van der Waals surface area contributed by atoms with Crippen molar-refractivity contribution in [3.05, 3.63) is 29.8 Å². The molecular formula is C11H13NO4. The maximum absolute atomic E-state index is 11.1. The molecule has 0 heterocycles. The second-order valence-electron chi connectivity index (χ2n) is 3.22. The molecule has 0 aliphatic rings. The third-order valence-corrected chi connectivity index (χ3v) is 1.89. The number of carbonyl (C=O) groups is 2. The van der Waals surface area contributed by atoms with Gasteiger partial charge in [0.05, 0.1) is 0 Å². The molecule has 1 aromatic rings. The summed E-state index contributed by atoms with van der Waals surface area (Å²) in [4.78, 5) is 21.3. The average molecular weight is 223 g/mol. The number of nitrogens with one attached hydrogen (secondary N) is 1. The molecule has 16 heavy (non-hydrogen) atoms. The zero-order valence-corrected chi connectivity index (χ0v) is 8.90. The molecule has 0 saturated heterocycles. The molecule has 0 fully saturated rings. The van der Waals surface area contributed by atoms with Crippen LogP contribution in [-0.4, -0.2) is 30.1 Å². The predicted molar refractivity (Wildman–Crippen MR) is 57.3 cm³/mol. The average Bonchev–Trinajstić information content (AvgIpc) is 2.25. The van der Waals surface area contributed by atoms with Crippen molar-refractivity contribution in [2.45, 2.75) is 6.92 Å². The van der Waals surface area contributed by atoms with E-state index >= 15 is 0 Å². The zero-order valence-electron chi connectivity index (χ0n) is 8.90. The third kappa shape index (κ3) is 4.00. The maximum atomic E-state index is 11.1. The molecule has 0 saturated carbocycles. The Labute approximate surface area is 93.0 Å². The van der Waals surface area contributed by atoms with Gasteiger partial charge in [0.15, 0.2) is 6.61 Å². The van der Waals surface area contributed by atoms with E-state index in [0.29, 0.717) is 5.75 Å². The fourth-order valence-corrected chi connectivity index (χ4v) is 1.09. The number of benzene rings is 1. The summed E-state index contributed by atoms with van der Waals surface area (Å²) < 4.78 is 5.23. The molecule has 0 aliphatic carbocycles. The van der Waals surface area contributed by atoms with Gasteiger partial charge in [-0.1, -0.05) is 18.2 Å². The molecule has 1 aromatic carbocycles. The van der Waals surface area contributed by atoms with Crippen molar-refractivity contribution in [1.82, 2.24) is 5.32 Å². The first kappa shape index (κ1) is 12.0. The molecule has 0 atom stereocenters. The van der Waals surface area contributed by atoms with Crippen LogP contribution in [0.15, 0.2) is 24.3 Å². The first-order valence-corrected chi connectivity index (χ1v) is 4.76. The molecule has 1 rings (SSSR count). The minimum atomic E-state index is -1.08. The molecule has 0 aliphatic heterocycles. The highest BCUT2D eigenvalue weighted by Gasteiger charge is 2.05. The van der Waals surface area contributed by atoms with Crippen LogP contribution in [-0.2, 0) is 9.59 Å². The minimum Gasteiger partial charge on any atom is -0.484 e. The number of carbonyl (C=O) groups excluding carboxylic acids is 1. The van der Waals surface area contributed by atoms with Crippen LogP contribution in [0, 0.1) is 6.92 Å². The summed E-state index contributed by atoms with van der Waals surface area (Å²) in [6.07, 6.45) is 0. The second kappa shape index (κ2) is 5.75. The standard InChI is InChI=1S/C11H13NO4/c1-8-4-2-3-5-9(8)16-7-10(13)12-6-11(14)15/h2-5H,6-7H2,1H3,(H,12,13)(H,14,15). The molecule has 0 spiro atoms. The minimum absolute atomic E-state index is 0.182. The van der Waals surface area contributed by atoms with Gasteiger partial charge in [-0.05, 0) is 18.6 Å². The Kier molecular flexibility index (Phi) is 4.32. The topological polar surface area (TPSA) is 75.6 Å². The van der Waals surface area contributed by atoms with E-state index in [2.05, 4.69) is 5.32 Å². The summed E-state index contributed by atoms with van der Waals surface area (Å²) >= 11 is 0. The lowest BCUT2D eigenvalue weighted by molar-refractivity contribution is -0.138. The van der Waals surface area contributed by atoms with E-state index in [-0.39, 0.29) is 6.61 Å². The van der Waals surface area contributed by atoms with E-state index in [1.165, 1.54) is 0 Å². The third-order valence-electron chi connectivity index (χ3n) is 1.89. The van der Waals surface area contributed by atoms with Crippen LogP contribution in [0.2, 0.25) is 0 Å². The summed E-state index contributed by atoms with van der Waals surface area (Å²) in [7, 11) is 0. The number of rotatable bonds is 5. The Balaban J connectivity index is 2.37. The molecule has 0 bridgehead atoms. The van der Waals surface area contributed by atoms with Crippen LogP contribution in [0.4, 0.5) is 0 Å². The second-order valence-corrected chi connectivity index (χ2v) is 3.22. The van der Waals surface area contributed by atoms with Crippen LogP contribution >= 0.6 is 0 Å². The maximum Gasteiger partial charge on any atom is 0.322 e. The Morgan fingerprint density at radius 3 is 2.69 bits per heavy atom. The number of hydrogen-bond acceptors (Lipinski definition) is 3. The van der Waals surface area contributed by atoms with Crippen molar-refractivity contribution >= 4 is 11.9 Å². The summed E-state index contributed by atoms with van der Waals surface area (Å²) in [5, 5.41) is 10.5. The molecule has 2 N–H and O–H groups in total. The van der Waals surface area contributed by atoms with Gasteiger partial charge in [0.2, 0.25) is 0 Å². The summed E-state index contributed by atoms with van der Waals surface area (Å²) in [5.74, 6) is -0.914. The van der Waals surface area contributed by atoms with Gasteiger partial charge in [-0.15, -0.1) is 0 Å². The number of hydrogen-bond donors (Lipinski definition) is 2. The van der Waals surface area contributed by atoms with Gasteiger partial charge in [0.1, 0.15) is 12.3 Å². The molecule has 0 aromatic heterocycles. The van der Waals surface area contributed by atoms with E-state index < -0.39 is 18.4 Å². The van der Waals surface area contributed by atoms with E-state index in [1.54, 1.807) is 12.1 Å². The lowest BCUT2D eigenvalue weighted by Crippen LogP contribution is -2.33. The van der Waals surface area contributed by atoms with Gasteiger partial charge in [-0.2, -0.15) is 0 Å². The Morgan fingerprint density at radius 1 is 1.38 bits per heavy atom. The van der Waals surface area contributed by atoms with Crippen LogP contribution in [0.25, 0.3) is 0 Å². The highest BCUT2D eigenvalue weighted by molar-refractivity contribution is 5.82. The Morgan fingerprint density at radius 2 is 2.06 bits per heavy atom. The highest BCUT2D eigenvalue weighted by Crippen LogP contribution is 2.15. The van der Waals surface area contributed by atoms with Crippen molar-refractivity contribution in [2.75, 3.05) is 13.2 Å². The Hall–Kier alpha value is -2.04. The van der Waals surface area contributed by atoms with E-state index in [9.17, 15) is 9.59 Å². The fourth-order valence-electron chi connectivity index (χ4n) is 1.09. The van der Waals surface area contributed by atoms with Crippen molar-refractivity contribution in [3.8, 4) is 5.75 Å². The lowest BCUT2D eigenvalue weighted by Gasteiger charge is -2.08. The largest absolute Gasteiger partial charge is 0.484 e. The molecule has 0 unspecified atom stereocenters. The lowest BCUT2D eigenvalue weighted by atomic mass is 10.2. The van der Waals surface area contributed by atoms with E-state index in [4.69, 9.17) is 9.84 Å². The molecule has 5 nitrogen and oxygen atoms in total. The first-order valence-electron chi connectivity index (χ1n) is 4.76. The highest BCUT2D eigenvalue weighted by atomic mass is 16.5. The molecule has 0 radical (unpaired) electrons. The molecule has 5 heteroatoms. The van der Waals surface area contributed by atoms with Gasteiger partial charge in [0, 0.05) is 0 Å². The molecular weight excluding hydrogens is 210 g/mol. The molecule has 1 amide bonds. The van der Waals surface area contributed by atoms with Gasteiger partial charge < -0.3 is 15.2 Å². The van der Waals surface area contributed by atoms with Gasteiger partial charge in [-0.3, -0.25) is 9.59 Å². The summed E-state index contributed by atoms with van der Waals surface area (Å²) in [6.45, 7) is 1.29. The van der Waals surface area contributed by atoms with Crippen LogP contribution in [0.1, 0.15) is 5.56 Å². The van der Waals surface area contributed by atoms with Crippen LogP contribution in [0.5, 0.6) is 5.75 Å². The quantitative estimate of drug-likeness (QED) is 0.765. The first-order chi connectivity index (χ1) is 7.59. The van der Waals surface area contributed by atoms with Crippen LogP contribution in [0.3, 0.4) is 0 Å². The van der Waals surface area contributed by atoms with Crippen molar-refractivity contribution in [2.24, 2.45) is 0 Å². The fraction of sp³-hybridized carbons (Fsp3) is 0.273. The summed E-state index contributed by atoms with van der Waals surface area (Å²) in [6, 6.07) is 7.29. The normalized spacial score (nSPS) is 9.56. The number of carboxylic acid groups (broad SMARTS) is 1. The molecule has 86 valence electrons. The number of ether oxygens (including phenoxy) is 1. The number of amides is 1. The summed E-state index contributed by atoms with van der Waals surface area (Å²) in [5.41, 5.74) is 0.925. The smallest absolute Gasteiger partial charge is 0.322 e. The van der Waals surface area contributed by atoms with Crippen molar-refractivity contribution in [3.63, 3.8) is 0 Å². The van der Waals surface area contributed by atoms with Crippen molar-refractivity contribution < 1.29 is 19.4 Å². The number of carboxylic acids is 1. The van der Waals surface area contributed by atoms with Gasteiger partial charge in [0.25, 0.3) is 5.91 Å². The number of aliphatic carboxylic acids is 1. The van der Waals surface area contributed by atoms with Gasteiger partial charge >= 0.3 is 5.97 Å². The van der Waals surface area contributed by atoms with Crippen molar-refractivity contribution in [1.29, 1.82) is 0 Å². The van der Waals surface area contributed by atoms with E-state index in [1.807, 2.05) is 19.1 Å². The Bertz CT molecular complexity index is 389. The monoisotopic (exact) mass is 223 g/mol. The van der Waals surface area contributed by atoms with E-state index in [0.717, 1.165) is 5.56 Å². The predicted octanol–water partition coefficient (Wildman–Crippen LogP) is 0.575. The van der Waals surface area contributed by atoms with Crippen LogP contribution < -0.4 is 10.1 Å². The number of para-hydroxylation sites is 1. The zero-order chi connectivity index (χ0) is 12.0. The SMILES string of the molecule is Cc1ccccc1OCC(=O)NCC(=O)O. The number of aryl methyl sites for hydroxylation is 1. The van der Waals surface area contributed by atoms with Gasteiger partial charge in [-0.25, -0.2) is 0 Å².